The molecule has 0 aromatic heterocycles. The molecule has 1 aromatic rings. The third kappa shape index (κ3) is 3.12. The van der Waals surface area contributed by atoms with Gasteiger partial charge in [-0.1, -0.05) is 12.1 Å². The summed E-state index contributed by atoms with van der Waals surface area (Å²) < 4.78 is 0. The molecule has 6 atom stereocenters. The van der Waals surface area contributed by atoms with E-state index in [0.717, 1.165) is 0 Å². The molecule has 3 aliphatic rings. The van der Waals surface area contributed by atoms with E-state index in [1.165, 1.54) is 44.1 Å². The van der Waals surface area contributed by atoms with Crippen LogP contribution in [0.4, 0.5) is 0 Å². The molecule has 180 valence electrons. The Morgan fingerprint density at radius 3 is 2.26 bits per heavy atom. The molecule has 34 heavy (non-hydrogen) atoms. The van der Waals surface area contributed by atoms with Crippen molar-refractivity contribution >= 4 is 61.0 Å². The van der Waals surface area contributed by atoms with Gasteiger partial charge in [-0.05, 0) is 32.6 Å². The summed E-state index contributed by atoms with van der Waals surface area (Å²) in [5, 5.41) is 66.3. The Bertz CT molecular complexity index is 1200. The van der Waals surface area contributed by atoms with E-state index in [4.69, 9.17) is 5.73 Å². The predicted octanol–water partition coefficient (Wildman–Crippen LogP) is -1.56. The van der Waals surface area contributed by atoms with Crippen LogP contribution < -0.4 is 5.73 Å². The molecule has 1 amide bonds. The zero-order valence-electron chi connectivity index (χ0n) is 20.7. The molecule has 8 N–H and O–H groups in total. The van der Waals surface area contributed by atoms with Gasteiger partial charge >= 0.3 is 37.7 Å². The number of hydrogen-bond donors (Lipinski definition) is 7. The zero-order valence-corrected chi connectivity index (χ0v) is 20.9. The average Bonchev–Trinajstić information content (AvgIpc) is 2.70. The van der Waals surface area contributed by atoms with E-state index in [0.29, 0.717) is 0 Å². The van der Waals surface area contributed by atoms with E-state index in [1.54, 1.807) is 0 Å². The third-order valence-corrected chi connectivity index (χ3v) is 7.03. The molecule has 4 rings (SSSR count). The van der Waals surface area contributed by atoms with Crippen LogP contribution in [0.1, 0.15) is 20.9 Å². The standard InChI is InChI=1S/C22H24N2O9.Ca.2H/c1-21(32)7-5-4-6-8(25)9(7)15(26)10-12(21)17(28)13-14(24(2)3)16(27)11(20(23)31)19(30)22(13,33)18(10)29;;;/h4-6,12-14,17,25-26,28,30,32-33H,1-3H3,(H2,23,31);;;/q;+2;2*-1/t12-,13-,14+,17+,21-,22+;;;/m1.../s1. The first-order valence-corrected chi connectivity index (χ1v) is 10.1. The summed E-state index contributed by atoms with van der Waals surface area (Å²) in [6.07, 6.45) is -1.87. The van der Waals surface area contributed by atoms with Gasteiger partial charge in [0.05, 0.1) is 40.7 Å². The van der Waals surface area contributed by atoms with Gasteiger partial charge in [0.1, 0.15) is 22.8 Å². The number of fused-ring (bicyclic) bond motifs is 3. The second-order valence-electron chi connectivity index (χ2n) is 9.06. The first-order chi connectivity index (χ1) is 15.2. The Morgan fingerprint density at radius 1 is 1.15 bits per heavy atom. The minimum Gasteiger partial charge on any atom is -1.00 e. The van der Waals surface area contributed by atoms with Crippen LogP contribution in [-0.2, 0) is 20.0 Å². The number of phenolic OH excluding ortho intramolecular Hbond substituents is 1. The van der Waals surface area contributed by atoms with Crippen molar-refractivity contribution in [2.45, 2.75) is 30.3 Å². The van der Waals surface area contributed by atoms with E-state index in [2.05, 4.69) is 0 Å². The Hall–Kier alpha value is -1.99. The number of rotatable bonds is 2. The number of nitrogens with zero attached hydrogens (tertiary/aromatic N) is 1. The number of Topliss-reactive ketones (excluding diaryl/α,β-unsaturated/α-hetero) is 2. The molecule has 1 saturated carbocycles. The van der Waals surface area contributed by atoms with Crippen molar-refractivity contribution in [3.8, 4) is 5.75 Å². The van der Waals surface area contributed by atoms with Crippen molar-refractivity contribution in [2.75, 3.05) is 14.1 Å². The smallest absolute Gasteiger partial charge is 1.00 e. The molecule has 12 heteroatoms. The maximum absolute atomic E-state index is 13.7. The molecule has 0 aliphatic heterocycles. The Balaban J connectivity index is 0.00000216. The molecule has 0 bridgehead atoms. The fourth-order valence-corrected chi connectivity index (χ4v) is 5.60. The van der Waals surface area contributed by atoms with Crippen molar-refractivity contribution in [2.24, 2.45) is 17.6 Å². The molecule has 1 aromatic carbocycles. The molecule has 0 radical (unpaired) electrons. The fourth-order valence-electron chi connectivity index (χ4n) is 5.60. The van der Waals surface area contributed by atoms with Gasteiger partial charge in [0.25, 0.3) is 5.91 Å². The summed E-state index contributed by atoms with van der Waals surface area (Å²) in [6.45, 7) is 1.25. The van der Waals surface area contributed by atoms with E-state index in [-0.39, 0.29) is 51.7 Å². The van der Waals surface area contributed by atoms with E-state index >= 15 is 0 Å². The van der Waals surface area contributed by atoms with Crippen molar-refractivity contribution in [3.05, 3.63) is 46.2 Å². The molecule has 1 fully saturated rings. The van der Waals surface area contributed by atoms with Crippen molar-refractivity contribution in [1.82, 2.24) is 4.90 Å². The number of benzene rings is 1. The molecular formula is C22H26CaN2O9. The van der Waals surface area contributed by atoms with Gasteiger partial charge in [0.2, 0.25) is 5.78 Å². The van der Waals surface area contributed by atoms with Crippen LogP contribution in [0.3, 0.4) is 0 Å². The minimum absolute atomic E-state index is 0. The Labute approximate surface area is 226 Å². The Morgan fingerprint density at radius 2 is 1.74 bits per heavy atom. The first kappa shape index (κ1) is 26.6. The van der Waals surface area contributed by atoms with E-state index in [1.807, 2.05) is 0 Å². The summed E-state index contributed by atoms with van der Waals surface area (Å²) in [5.74, 6) is -9.67. The number of hydrogen-bond acceptors (Lipinski definition) is 10. The number of nitrogens with two attached hydrogens (primary N) is 1. The monoisotopic (exact) mass is 502 g/mol. The number of aliphatic hydroxyl groups is 5. The van der Waals surface area contributed by atoms with Crippen LogP contribution in [0, 0.1) is 11.8 Å². The van der Waals surface area contributed by atoms with E-state index < -0.39 is 81.1 Å². The summed E-state index contributed by atoms with van der Waals surface area (Å²) in [5.41, 5.74) is -1.78. The summed E-state index contributed by atoms with van der Waals surface area (Å²) in [6, 6.07) is 2.50. The summed E-state index contributed by atoms with van der Waals surface area (Å²) >= 11 is 0. The van der Waals surface area contributed by atoms with Crippen LogP contribution in [0.25, 0.3) is 5.76 Å². The van der Waals surface area contributed by atoms with E-state index in [9.17, 15) is 45.0 Å². The molecule has 0 unspecified atom stereocenters. The molecule has 0 spiro atoms. The van der Waals surface area contributed by atoms with Gasteiger partial charge in [0.15, 0.2) is 11.4 Å². The second kappa shape index (κ2) is 8.30. The molecule has 0 saturated heterocycles. The molecule has 0 heterocycles. The fraction of sp³-hybridized carbons (Fsp3) is 0.409. The topological polar surface area (TPSA) is 202 Å². The van der Waals surface area contributed by atoms with Crippen LogP contribution in [0.5, 0.6) is 5.75 Å². The number of primary amides is 1. The summed E-state index contributed by atoms with van der Waals surface area (Å²) in [4.78, 5) is 39.9. The maximum Gasteiger partial charge on any atom is 2.00 e. The number of phenols is 1. The van der Waals surface area contributed by atoms with Crippen LogP contribution >= 0.6 is 0 Å². The van der Waals surface area contributed by atoms with Gasteiger partial charge in [0, 0.05) is 0 Å². The van der Waals surface area contributed by atoms with Crippen LogP contribution in [-0.4, -0.2) is 123 Å². The largest absolute Gasteiger partial charge is 2.00 e. The average molecular weight is 503 g/mol. The van der Waals surface area contributed by atoms with Gasteiger partial charge in [-0.15, -0.1) is 0 Å². The van der Waals surface area contributed by atoms with Crippen molar-refractivity contribution in [3.63, 3.8) is 0 Å². The van der Waals surface area contributed by atoms with Crippen molar-refractivity contribution < 1.29 is 47.9 Å². The number of amides is 1. The number of carbonyl (C=O) groups excluding carboxylic acids is 3. The predicted molar refractivity (Wildman–Crippen MR) is 119 cm³/mol. The zero-order chi connectivity index (χ0) is 24.8. The molecule has 11 nitrogen and oxygen atoms in total. The second-order valence-corrected chi connectivity index (χ2v) is 9.06. The quantitative estimate of drug-likeness (QED) is 0.183. The van der Waals surface area contributed by atoms with Gasteiger partial charge in [-0.2, -0.15) is 0 Å². The number of ketones is 2. The van der Waals surface area contributed by atoms with Crippen LogP contribution in [0.15, 0.2) is 35.1 Å². The number of likely N-dealkylation sites (N-methyl/N-ethyl adjacent to an activating group) is 1. The van der Waals surface area contributed by atoms with Gasteiger partial charge in [-0.25, -0.2) is 0 Å². The SMILES string of the molecule is CN(C)[C@@H]1C(=O)C(C(N)=O)=C(O)[C@@]2(O)C(=O)C3=C(O)c4c(O)cccc4[C@@](C)(O)[C@H]3[C@H](O)[C@@H]12.[Ca+2].[H-].[H-]. The minimum atomic E-state index is -3.02. The van der Waals surface area contributed by atoms with Crippen LogP contribution in [0.2, 0.25) is 0 Å². The number of aromatic hydroxyl groups is 1. The first-order valence-electron chi connectivity index (χ1n) is 10.1. The molecular weight excluding hydrogens is 476 g/mol. The summed E-state index contributed by atoms with van der Waals surface area (Å²) in [7, 11) is 2.80. The van der Waals surface area contributed by atoms with Gasteiger partial charge in [-0.3, -0.25) is 19.3 Å². The normalized spacial score (nSPS) is 34.9. The number of carbonyl (C=O) groups is 3. The number of aliphatic hydroxyl groups excluding tert-OH is 3. The van der Waals surface area contributed by atoms with Crippen molar-refractivity contribution in [1.29, 1.82) is 0 Å². The maximum atomic E-state index is 13.7. The third-order valence-electron chi connectivity index (χ3n) is 7.03. The Kier molecular flexibility index (Phi) is 6.50. The molecule has 3 aliphatic carbocycles. The van der Waals surface area contributed by atoms with Gasteiger partial charge < -0.3 is 39.2 Å².